The monoisotopic (exact) mass is 375 g/mol. The Balaban J connectivity index is 1.97. The number of anilines is 1. The van der Waals surface area contributed by atoms with Crippen LogP contribution in [-0.4, -0.2) is 18.6 Å². The molecular formula is C16H13Cl2F2NO3. The number of hydrogen-bond acceptors (Lipinski definition) is 3. The molecule has 8 heteroatoms. The summed E-state index contributed by atoms with van der Waals surface area (Å²) in [7, 11) is 0. The van der Waals surface area contributed by atoms with Gasteiger partial charge < -0.3 is 14.8 Å². The largest absolute Gasteiger partial charge is 0.479 e. The molecule has 0 bridgehead atoms. The average molecular weight is 376 g/mol. The molecule has 0 aliphatic carbocycles. The van der Waals surface area contributed by atoms with E-state index in [1.165, 1.54) is 24.3 Å². The van der Waals surface area contributed by atoms with Crippen molar-refractivity contribution < 1.29 is 23.0 Å². The Morgan fingerprint density at radius 2 is 1.75 bits per heavy atom. The molecule has 0 saturated carbocycles. The van der Waals surface area contributed by atoms with Gasteiger partial charge >= 0.3 is 6.61 Å². The fraction of sp³-hybridized carbons (Fsp3) is 0.188. The molecule has 0 spiro atoms. The molecule has 0 heterocycles. The number of amides is 1. The second-order valence-electron chi connectivity index (χ2n) is 4.70. The number of halogens is 4. The predicted octanol–water partition coefficient (Wildman–Crippen LogP) is 5.00. The lowest BCUT2D eigenvalue weighted by Crippen LogP contribution is -2.30. The van der Waals surface area contributed by atoms with Crippen molar-refractivity contribution in [2.24, 2.45) is 0 Å². The molecule has 0 radical (unpaired) electrons. The maximum atomic E-state index is 12.1. The van der Waals surface area contributed by atoms with Gasteiger partial charge in [0.15, 0.2) is 6.10 Å². The van der Waals surface area contributed by atoms with Gasteiger partial charge in [-0.3, -0.25) is 4.79 Å². The second kappa shape index (κ2) is 8.17. The van der Waals surface area contributed by atoms with Gasteiger partial charge in [0, 0.05) is 5.69 Å². The molecule has 24 heavy (non-hydrogen) atoms. The molecule has 1 atom stereocenters. The van der Waals surface area contributed by atoms with Gasteiger partial charge in [0.2, 0.25) is 0 Å². The Labute approximate surface area is 147 Å². The number of carbonyl (C=O) groups excluding carboxylic acids is 1. The van der Waals surface area contributed by atoms with E-state index in [2.05, 4.69) is 10.1 Å². The summed E-state index contributed by atoms with van der Waals surface area (Å²) in [6.45, 7) is -1.36. The van der Waals surface area contributed by atoms with Crippen LogP contribution in [0.15, 0.2) is 42.5 Å². The molecule has 0 aromatic heterocycles. The molecule has 0 aliphatic heterocycles. The van der Waals surface area contributed by atoms with Crippen LogP contribution >= 0.6 is 23.2 Å². The summed E-state index contributed by atoms with van der Waals surface area (Å²) in [6, 6.07) is 10.4. The van der Waals surface area contributed by atoms with Crippen LogP contribution in [0.1, 0.15) is 6.92 Å². The Hall–Kier alpha value is -2.05. The molecule has 2 aromatic rings. The van der Waals surface area contributed by atoms with Crippen LogP contribution in [0.25, 0.3) is 0 Å². The summed E-state index contributed by atoms with van der Waals surface area (Å²) in [5.41, 5.74) is 0.411. The van der Waals surface area contributed by atoms with Gasteiger partial charge in [-0.2, -0.15) is 8.78 Å². The quantitative estimate of drug-likeness (QED) is 0.772. The normalized spacial score (nSPS) is 11.9. The zero-order chi connectivity index (χ0) is 17.7. The molecule has 0 fully saturated rings. The molecule has 1 amide bonds. The number of alkyl halides is 2. The van der Waals surface area contributed by atoms with Crippen molar-refractivity contribution in [1.29, 1.82) is 0 Å². The molecule has 0 aliphatic rings. The van der Waals surface area contributed by atoms with Crippen molar-refractivity contribution in [3.05, 3.63) is 52.5 Å². The average Bonchev–Trinajstić information content (AvgIpc) is 2.53. The summed E-state index contributed by atoms with van der Waals surface area (Å²) in [5.74, 6) is -0.154. The van der Waals surface area contributed by atoms with Crippen molar-refractivity contribution in [3.8, 4) is 11.5 Å². The van der Waals surface area contributed by atoms with E-state index in [0.29, 0.717) is 10.7 Å². The lowest BCUT2D eigenvalue weighted by Gasteiger charge is -2.16. The van der Waals surface area contributed by atoms with Crippen molar-refractivity contribution >= 4 is 34.8 Å². The van der Waals surface area contributed by atoms with Crippen LogP contribution < -0.4 is 14.8 Å². The van der Waals surface area contributed by atoms with Crippen LogP contribution in [0.3, 0.4) is 0 Å². The molecule has 2 rings (SSSR count). The number of nitrogens with one attached hydrogen (secondary N) is 1. The predicted molar refractivity (Wildman–Crippen MR) is 88.3 cm³/mol. The summed E-state index contributed by atoms with van der Waals surface area (Å²) in [5, 5.41) is 3.12. The minimum Gasteiger partial charge on any atom is -0.479 e. The van der Waals surface area contributed by atoms with Gasteiger partial charge in [0.05, 0.1) is 5.02 Å². The molecule has 4 nitrogen and oxygen atoms in total. The molecular weight excluding hydrogens is 363 g/mol. The first kappa shape index (κ1) is 18.3. The van der Waals surface area contributed by atoms with Crippen LogP contribution in [0.4, 0.5) is 14.5 Å². The molecule has 1 unspecified atom stereocenters. The molecule has 2 aromatic carbocycles. The third kappa shape index (κ3) is 4.97. The number of ether oxygens (including phenoxy) is 2. The van der Waals surface area contributed by atoms with E-state index in [4.69, 9.17) is 27.9 Å². The van der Waals surface area contributed by atoms with E-state index in [0.717, 1.165) is 0 Å². The lowest BCUT2D eigenvalue weighted by atomic mass is 10.2. The molecule has 1 N–H and O–H groups in total. The van der Waals surface area contributed by atoms with Crippen molar-refractivity contribution in [2.45, 2.75) is 19.6 Å². The first-order valence-electron chi connectivity index (χ1n) is 6.83. The van der Waals surface area contributed by atoms with Gasteiger partial charge in [0.1, 0.15) is 16.5 Å². The first-order chi connectivity index (χ1) is 11.4. The Morgan fingerprint density at radius 1 is 1.08 bits per heavy atom. The first-order valence-corrected chi connectivity index (χ1v) is 7.59. The van der Waals surface area contributed by atoms with Crippen molar-refractivity contribution in [3.63, 3.8) is 0 Å². The van der Waals surface area contributed by atoms with E-state index >= 15 is 0 Å². The van der Waals surface area contributed by atoms with Crippen LogP contribution in [0.5, 0.6) is 11.5 Å². The minimum atomic E-state index is -2.90. The van der Waals surface area contributed by atoms with Gasteiger partial charge in [0.25, 0.3) is 5.91 Å². The third-order valence-corrected chi connectivity index (χ3v) is 3.74. The molecule has 0 saturated heterocycles. The highest BCUT2D eigenvalue weighted by atomic mass is 35.5. The van der Waals surface area contributed by atoms with Crippen molar-refractivity contribution in [1.82, 2.24) is 0 Å². The van der Waals surface area contributed by atoms with E-state index in [1.54, 1.807) is 25.1 Å². The van der Waals surface area contributed by atoms with E-state index in [9.17, 15) is 13.6 Å². The van der Waals surface area contributed by atoms with E-state index in [-0.39, 0.29) is 16.5 Å². The third-order valence-electron chi connectivity index (χ3n) is 2.94. The standard InChI is InChI=1S/C16H13Cl2F2NO3/c1-9(23-13-4-2-3-12(17)14(13)18)15(22)21-10-5-7-11(8-6-10)24-16(19)20/h2-9,16H,1H3,(H,21,22). The van der Waals surface area contributed by atoms with Gasteiger partial charge in [-0.25, -0.2) is 0 Å². The maximum Gasteiger partial charge on any atom is 0.387 e. The van der Waals surface area contributed by atoms with E-state index < -0.39 is 18.6 Å². The number of benzene rings is 2. The van der Waals surface area contributed by atoms with Crippen LogP contribution in [-0.2, 0) is 4.79 Å². The fourth-order valence-electron chi connectivity index (χ4n) is 1.78. The van der Waals surface area contributed by atoms with Crippen LogP contribution in [0, 0.1) is 0 Å². The highest BCUT2D eigenvalue weighted by Gasteiger charge is 2.17. The summed E-state index contributed by atoms with van der Waals surface area (Å²) in [4.78, 5) is 12.1. The summed E-state index contributed by atoms with van der Waals surface area (Å²) in [6.07, 6.45) is -0.849. The van der Waals surface area contributed by atoms with Gasteiger partial charge in [-0.05, 0) is 43.3 Å². The topological polar surface area (TPSA) is 47.6 Å². The Morgan fingerprint density at radius 3 is 2.38 bits per heavy atom. The Bertz CT molecular complexity index is 711. The van der Waals surface area contributed by atoms with Crippen LogP contribution in [0.2, 0.25) is 10.0 Å². The Kier molecular flexibility index (Phi) is 6.23. The zero-order valence-corrected chi connectivity index (χ0v) is 13.9. The summed E-state index contributed by atoms with van der Waals surface area (Å²) < 4.78 is 33.9. The smallest absolute Gasteiger partial charge is 0.387 e. The minimum absolute atomic E-state index is 0.00185. The fourth-order valence-corrected chi connectivity index (χ4v) is 2.12. The van der Waals surface area contributed by atoms with E-state index in [1.807, 2.05) is 0 Å². The lowest BCUT2D eigenvalue weighted by molar-refractivity contribution is -0.122. The second-order valence-corrected chi connectivity index (χ2v) is 5.49. The molecule has 128 valence electrons. The number of carbonyl (C=O) groups is 1. The number of hydrogen-bond donors (Lipinski definition) is 1. The zero-order valence-electron chi connectivity index (χ0n) is 12.4. The van der Waals surface area contributed by atoms with Gasteiger partial charge in [-0.15, -0.1) is 0 Å². The SMILES string of the molecule is CC(Oc1cccc(Cl)c1Cl)C(=O)Nc1ccc(OC(F)F)cc1. The van der Waals surface area contributed by atoms with Crippen molar-refractivity contribution in [2.75, 3.05) is 5.32 Å². The highest BCUT2D eigenvalue weighted by Crippen LogP contribution is 2.32. The summed E-state index contributed by atoms with van der Waals surface area (Å²) >= 11 is 11.9. The maximum absolute atomic E-state index is 12.1. The highest BCUT2D eigenvalue weighted by molar-refractivity contribution is 6.42. The number of rotatable bonds is 6. The van der Waals surface area contributed by atoms with Gasteiger partial charge in [-0.1, -0.05) is 29.3 Å².